The van der Waals surface area contributed by atoms with Gasteiger partial charge in [0, 0.05) is 17.6 Å². The molecule has 1 N–H and O–H groups in total. The zero-order valence-electron chi connectivity index (χ0n) is 22.1. The van der Waals surface area contributed by atoms with Gasteiger partial charge in [-0.15, -0.1) is 0 Å². The number of rotatable bonds is 11. The molecule has 7 nitrogen and oxygen atoms in total. The molecule has 3 aromatic carbocycles. The van der Waals surface area contributed by atoms with Gasteiger partial charge >= 0.3 is 0 Å². The molecule has 3 aromatic rings. The lowest BCUT2D eigenvalue weighted by atomic mass is 10.1. The molecule has 9 heteroatoms. The Bertz CT molecular complexity index is 1330. The number of hydrogen-bond donors (Lipinski definition) is 1. The maximum absolute atomic E-state index is 13.8. The minimum atomic E-state index is -4.12. The Hall–Kier alpha value is -3.36. The minimum Gasteiger partial charge on any atom is -0.352 e. The molecule has 0 bridgehead atoms. The molecule has 0 aliphatic carbocycles. The monoisotopic (exact) mass is 555 g/mol. The van der Waals surface area contributed by atoms with Crippen LogP contribution in [0.3, 0.4) is 0 Å². The number of hydrogen-bond acceptors (Lipinski definition) is 4. The number of carbonyl (C=O) groups is 2. The molecule has 0 heterocycles. The summed E-state index contributed by atoms with van der Waals surface area (Å²) in [6.07, 6.45) is 0.514. The van der Waals surface area contributed by atoms with Crippen LogP contribution in [0, 0.1) is 6.92 Å². The fourth-order valence-corrected chi connectivity index (χ4v) is 5.49. The van der Waals surface area contributed by atoms with Crippen LogP contribution in [0.25, 0.3) is 0 Å². The van der Waals surface area contributed by atoms with Crippen molar-refractivity contribution in [2.75, 3.05) is 17.4 Å². The third-order valence-electron chi connectivity index (χ3n) is 6.08. The van der Waals surface area contributed by atoms with Crippen LogP contribution in [0.15, 0.2) is 83.8 Å². The zero-order chi connectivity index (χ0) is 27.9. The fourth-order valence-electron chi connectivity index (χ4n) is 3.95. The quantitative estimate of drug-likeness (QED) is 0.367. The molecule has 0 unspecified atom stereocenters. The zero-order valence-corrected chi connectivity index (χ0v) is 23.7. The number of halogens is 1. The highest BCUT2D eigenvalue weighted by atomic mass is 35.5. The van der Waals surface area contributed by atoms with E-state index in [0.717, 1.165) is 15.4 Å². The van der Waals surface area contributed by atoms with Crippen LogP contribution >= 0.6 is 11.6 Å². The summed E-state index contributed by atoms with van der Waals surface area (Å²) < 4.78 is 28.6. The van der Waals surface area contributed by atoms with Gasteiger partial charge in [-0.05, 0) is 76.1 Å². The van der Waals surface area contributed by atoms with Crippen LogP contribution in [0.4, 0.5) is 5.69 Å². The van der Waals surface area contributed by atoms with E-state index >= 15 is 0 Å². The Balaban J connectivity index is 1.97. The van der Waals surface area contributed by atoms with Crippen molar-refractivity contribution in [3.63, 3.8) is 0 Å². The topological polar surface area (TPSA) is 86.8 Å². The van der Waals surface area contributed by atoms with Gasteiger partial charge in [0.15, 0.2) is 0 Å². The Morgan fingerprint density at radius 1 is 0.895 bits per heavy atom. The summed E-state index contributed by atoms with van der Waals surface area (Å²) in [7, 11) is -4.12. The van der Waals surface area contributed by atoms with Crippen molar-refractivity contribution in [1.82, 2.24) is 10.2 Å². The van der Waals surface area contributed by atoms with Gasteiger partial charge in [-0.1, -0.05) is 59.6 Å². The van der Waals surface area contributed by atoms with Gasteiger partial charge in [-0.25, -0.2) is 8.42 Å². The van der Waals surface area contributed by atoms with Gasteiger partial charge in [0.05, 0.1) is 10.6 Å². The third-order valence-corrected chi connectivity index (χ3v) is 8.12. The van der Waals surface area contributed by atoms with E-state index in [0.29, 0.717) is 17.1 Å². The van der Waals surface area contributed by atoms with E-state index in [9.17, 15) is 18.0 Å². The Kier molecular flexibility index (Phi) is 9.94. The summed E-state index contributed by atoms with van der Waals surface area (Å²) in [5.74, 6) is -0.783. The molecule has 3 rings (SSSR count). The van der Waals surface area contributed by atoms with Crippen LogP contribution in [0.1, 0.15) is 31.9 Å². The van der Waals surface area contributed by atoms with Crippen LogP contribution in [-0.2, 0) is 26.0 Å². The Morgan fingerprint density at radius 2 is 1.50 bits per heavy atom. The second kappa shape index (κ2) is 12.9. The van der Waals surface area contributed by atoms with Gasteiger partial charge in [-0.3, -0.25) is 13.9 Å². The highest BCUT2D eigenvalue weighted by Gasteiger charge is 2.32. The molecule has 0 aliphatic rings. The first-order valence-electron chi connectivity index (χ1n) is 12.5. The first kappa shape index (κ1) is 29.2. The lowest BCUT2D eigenvalue weighted by Gasteiger charge is -2.32. The summed E-state index contributed by atoms with van der Waals surface area (Å²) in [4.78, 5) is 28.2. The van der Waals surface area contributed by atoms with E-state index in [1.54, 1.807) is 31.2 Å². The van der Waals surface area contributed by atoms with Gasteiger partial charge in [0.2, 0.25) is 11.8 Å². The fraction of sp³-hybridized carbons (Fsp3) is 0.310. The molecule has 2 amide bonds. The van der Waals surface area contributed by atoms with Gasteiger partial charge in [-0.2, -0.15) is 0 Å². The van der Waals surface area contributed by atoms with E-state index in [4.69, 9.17) is 11.6 Å². The first-order chi connectivity index (χ1) is 18.0. The van der Waals surface area contributed by atoms with E-state index < -0.39 is 28.5 Å². The minimum absolute atomic E-state index is 0.0108. The van der Waals surface area contributed by atoms with E-state index in [-0.39, 0.29) is 23.4 Å². The Morgan fingerprint density at radius 3 is 2.08 bits per heavy atom. The van der Waals surface area contributed by atoms with Crippen LogP contribution in [-0.4, -0.2) is 50.3 Å². The summed E-state index contributed by atoms with van der Waals surface area (Å²) >= 11 is 5.98. The van der Waals surface area contributed by atoms with Crippen LogP contribution in [0.2, 0.25) is 5.02 Å². The summed E-state index contributed by atoms with van der Waals surface area (Å²) in [6.45, 7) is 7.02. The molecule has 0 saturated heterocycles. The van der Waals surface area contributed by atoms with Crippen LogP contribution in [0.5, 0.6) is 0 Å². The molecular weight excluding hydrogens is 522 g/mol. The summed E-state index contributed by atoms with van der Waals surface area (Å²) in [6, 6.07) is 21.4. The van der Waals surface area contributed by atoms with Crippen LogP contribution < -0.4 is 9.62 Å². The van der Waals surface area contributed by atoms with Crippen molar-refractivity contribution in [2.45, 2.75) is 51.1 Å². The number of aryl methyl sites for hydroxylation is 1. The standard InChI is InChI=1S/C29H34ClN3O4S/c1-21(2)31-29(35)23(4)32(19-18-24-8-6-5-7-9-24)28(34)20-33(26-14-10-22(3)11-15-26)38(36,37)27-16-12-25(30)13-17-27/h5-17,21,23H,18-20H2,1-4H3,(H,31,35)/t23-/m1/s1. The summed E-state index contributed by atoms with van der Waals surface area (Å²) in [5, 5.41) is 3.25. The average Bonchev–Trinajstić information content (AvgIpc) is 2.88. The van der Waals surface area contributed by atoms with Crippen molar-refractivity contribution < 1.29 is 18.0 Å². The molecule has 0 spiro atoms. The SMILES string of the molecule is Cc1ccc(N(CC(=O)N(CCc2ccccc2)[C@H](C)C(=O)NC(C)C)S(=O)(=O)c2ccc(Cl)cc2)cc1. The molecule has 0 fully saturated rings. The van der Waals surface area contributed by atoms with Gasteiger partial charge in [0.25, 0.3) is 10.0 Å². The number of amides is 2. The average molecular weight is 556 g/mol. The number of nitrogens with one attached hydrogen (secondary N) is 1. The molecule has 0 radical (unpaired) electrons. The van der Waals surface area contributed by atoms with Gasteiger partial charge in [0.1, 0.15) is 12.6 Å². The maximum Gasteiger partial charge on any atom is 0.264 e. The van der Waals surface area contributed by atoms with Crippen molar-refractivity contribution in [3.8, 4) is 0 Å². The molecule has 202 valence electrons. The second-order valence-corrected chi connectivity index (χ2v) is 11.8. The van der Waals surface area contributed by atoms with E-state index in [1.807, 2.05) is 51.1 Å². The van der Waals surface area contributed by atoms with Crippen molar-refractivity contribution in [1.29, 1.82) is 0 Å². The van der Waals surface area contributed by atoms with Crippen molar-refractivity contribution >= 4 is 39.1 Å². The summed E-state index contributed by atoms with van der Waals surface area (Å²) in [5.41, 5.74) is 2.31. The lowest BCUT2D eigenvalue weighted by Crippen LogP contribution is -2.53. The highest BCUT2D eigenvalue weighted by molar-refractivity contribution is 7.92. The largest absolute Gasteiger partial charge is 0.352 e. The third kappa shape index (κ3) is 7.58. The smallest absolute Gasteiger partial charge is 0.264 e. The number of nitrogens with zero attached hydrogens (tertiary/aromatic N) is 2. The maximum atomic E-state index is 13.8. The number of carbonyl (C=O) groups excluding carboxylic acids is 2. The highest BCUT2D eigenvalue weighted by Crippen LogP contribution is 2.25. The number of anilines is 1. The van der Waals surface area contributed by atoms with Crippen molar-refractivity contribution in [3.05, 3.63) is 95.0 Å². The second-order valence-electron chi connectivity index (χ2n) is 9.46. The number of benzene rings is 3. The predicted octanol–water partition coefficient (Wildman–Crippen LogP) is 4.83. The molecule has 0 aliphatic heterocycles. The molecule has 0 aromatic heterocycles. The molecular formula is C29H34ClN3O4S. The molecule has 0 saturated carbocycles. The number of sulfonamides is 1. The molecule has 38 heavy (non-hydrogen) atoms. The normalized spacial score (nSPS) is 12.2. The molecule has 1 atom stereocenters. The lowest BCUT2D eigenvalue weighted by molar-refractivity contribution is -0.139. The van der Waals surface area contributed by atoms with Crippen molar-refractivity contribution in [2.24, 2.45) is 0 Å². The Labute approximate surface area is 230 Å². The van der Waals surface area contributed by atoms with E-state index in [1.165, 1.54) is 29.2 Å². The predicted molar refractivity (Wildman–Crippen MR) is 152 cm³/mol. The first-order valence-corrected chi connectivity index (χ1v) is 14.3. The van der Waals surface area contributed by atoms with E-state index in [2.05, 4.69) is 5.32 Å². The van der Waals surface area contributed by atoms with Gasteiger partial charge < -0.3 is 10.2 Å².